The summed E-state index contributed by atoms with van der Waals surface area (Å²) >= 11 is 6.23. The Balaban J connectivity index is 1.83. The van der Waals surface area contributed by atoms with Crippen LogP contribution >= 0.6 is 11.6 Å². The van der Waals surface area contributed by atoms with Crippen molar-refractivity contribution in [1.29, 1.82) is 5.41 Å². The molecule has 3 atom stereocenters. The van der Waals surface area contributed by atoms with Crippen molar-refractivity contribution in [2.24, 2.45) is 5.73 Å². The summed E-state index contributed by atoms with van der Waals surface area (Å²) in [5, 5.41) is 21.9. The summed E-state index contributed by atoms with van der Waals surface area (Å²) in [6.07, 6.45) is 2.87. The molecule has 9 heteroatoms. The van der Waals surface area contributed by atoms with Crippen LogP contribution in [0.3, 0.4) is 0 Å². The van der Waals surface area contributed by atoms with Crippen molar-refractivity contribution in [2.45, 2.75) is 78.1 Å². The predicted molar refractivity (Wildman–Crippen MR) is 154 cm³/mol. The average molecular weight is 555 g/mol. The van der Waals surface area contributed by atoms with E-state index in [1.807, 2.05) is 32.0 Å². The summed E-state index contributed by atoms with van der Waals surface area (Å²) in [4.78, 5) is 28.7. The number of aliphatic hydroxyl groups is 1. The van der Waals surface area contributed by atoms with Crippen LogP contribution < -0.4 is 15.8 Å². The molecule has 2 unspecified atom stereocenters. The topological polar surface area (TPSA) is 129 Å². The van der Waals surface area contributed by atoms with Gasteiger partial charge in [-0.2, -0.15) is 0 Å². The van der Waals surface area contributed by atoms with Gasteiger partial charge in [-0.3, -0.25) is 9.59 Å². The molecule has 1 saturated heterocycles. The summed E-state index contributed by atoms with van der Waals surface area (Å²) < 4.78 is 5.93. The molecule has 0 aliphatic carbocycles. The first kappa shape index (κ1) is 30.3. The van der Waals surface area contributed by atoms with Gasteiger partial charge in [-0.25, -0.2) is 0 Å². The number of aryl methyl sites for hydroxylation is 2. The Kier molecular flexibility index (Phi) is 9.59. The number of rotatable bonds is 9. The molecule has 1 heterocycles. The molecule has 2 aromatic rings. The van der Waals surface area contributed by atoms with Crippen LogP contribution in [0.2, 0.25) is 5.02 Å². The summed E-state index contributed by atoms with van der Waals surface area (Å²) in [7, 11) is 0. The molecule has 1 aliphatic heterocycles. The minimum atomic E-state index is -1.12. The number of nitrogens with two attached hydrogens (primary N) is 1. The van der Waals surface area contributed by atoms with Gasteiger partial charge in [0.15, 0.2) is 0 Å². The number of allylic oxidation sites excluding steroid dienone is 1. The maximum absolute atomic E-state index is 13.8. The average Bonchev–Trinajstić information content (AvgIpc) is 3.30. The molecule has 0 saturated carbocycles. The minimum Gasteiger partial charge on any atom is -0.460 e. The third-order valence-corrected chi connectivity index (χ3v) is 7.18. The fraction of sp³-hybridized carbons (Fsp3) is 0.433. The molecule has 39 heavy (non-hydrogen) atoms. The molecule has 1 fully saturated rings. The number of carbonyl (C=O) groups is 2. The number of nitrogens with one attached hydrogen (secondary N) is 2. The highest BCUT2D eigenvalue weighted by Gasteiger charge is 2.45. The van der Waals surface area contributed by atoms with Crippen LogP contribution in [0, 0.1) is 19.3 Å². The fourth-order valence-electron chi connectivity index (χ4n) is 5.16. The van der Waals surface area contributed by atoms with Crippen molar-refractivity contribution in [2.75, 3.05) is 6.54 Å². The Bertz CT molecular complexity index is 1260. The van der Waals surface area contributed by atoms with Crippen molar-refractivity contribution in [1.82, 2.24) is 10.2 Å². The monoisotopic (exact) mass is 554 g/mol. The minimum absolute atomic E-state index is 0.134. The molecule has 0 spiro atoms. The van der Waals surface area contributed by atoms with E-state index < -0.39 is 23.6 Å². The Morgan fingerprint density at radius 1 is 1.26 bits per heavy atom. The van der Waals surface area contributed by atoms with E-state index in [2.05, 4.69) is 5.32 Å². The Morgan fingerprint density at radius 2 is 1.90 bits per heavy atom. The molecule has 1 aliphatic rings. The number of nitrogens with zero attached hydrogens (tertiary/aromatic N) is 1. The zero-order valence-electron chi connectivity index (χ0n) is 23.5. The van der Waals surface area contributed by atoms with Gasteiger partial charge in [0.1, 0.15) is 17.6 Å². The van der Waals surface area contributed by atoms with Crippen LogP contribution in [0.15, 0.2) is 48.2 Å². The smallest absolute Gasteiger partial charge is 0.251 e. The van der Waals surface area contributed by atoms with Gasteiger partial charge in [-0.05, 0) is 101 Å². The number of carbonyl (C=O) groups excluding carboxylic acids is 2. The van der Waals surface area contributed by atoms with Gasteiger partial charge in [0.25, 0.3) is 5.91 Å². The van der Waals surface area contributed by atoms with Gasteiger partial charge in [0, 0.05) is 16.3 Å². The van der Waals surface area contributed by atoms with E-state index in [4.69, 9.17) is 27.5 Å². The lowest BCUT2D eigenvalue weighted by atomic mass is 9.96. The quantitative estimate of drug-likeness (QED) is 0.260. The van der Waals surface area contributed by atoms with Gasteiger partial charge in [-0.15, -0.1) is 0 Å². The second-order valence-corrected chi connectivity index (χ2v) is 11.2. The molecule has 0 radical (unpaired) electrons. The second-order valence-electron chi connectivity index (χ2n) is 10.8. The van der Waals surface area contributed by atoms with Gasteiger partial charge in [0.05, 0.1) is 24.2 Å². The first-order valence-corrected chi connectivity index (χ1v) is 13.5. The van der Waals surface area contributed by atoms with Gasteiger partial charge >= 0.3 is 0 Å². The van der Waals surface area contributed by atoms with Crippen molar-refractivity contribution in [3.8, 4) is 5.75 Å². The third-order valence-electron chi connectivity index (χ3n) is 6.94. The van der Waals surface area contributed by atoms with Crippen LogP contribution in [0.1, 0.15) is 73.6 Å². The largest absolute Gasteiger partial charge is 0.460 e. The van der Waals surface area contributed by atoms with E-state index in [1.165, 1.54) is 0 Å². The number of ether oxygens (including phenoxy) is 1. The van der Waals surface area contributed by atoms with E-state index in [-0.39, 0.29) is 18.5 Å². The highest BCUT2D eigenvalue weighted by atomic mass is 35.5. The SMILES string of the molecule is CC(=N)/C=C(\CN)Oc1c(C)cc(C(=O)N[C@H](C)C(=O)N2C(c3cccc(Cl)c3)CCC2C(C)(C)O)cc1C. The maximum Gasteiger partial charge on any atom is 0.251 e. The van der Waals surface area contributed by atoms with E-state index >= 15 is 0 Å². The van der Waals surface area contributed by atoms with Gasteiger partial charge in [0.2, 0.25) is 5.91 Å². The molecule has 2 amide bonds. The molecule has 2 aromatic carbocycles. The van der Waals surface area contributed by atoms with Crippen molar-refractivity contribution in [3.05, 3.63) is 75.5 Å². The lowest BCUT2D eigenvalue weighted by Gasteiger charge is -2.38. The van der Waals surface area contributed by atoms with Crippen LogP contribution in [-0.2, 0) is 4.79 Å². The Labute approximate surface area is 235 Å². The van der Waals surface area contributed by atoms with Gasteiger partial charge in [-0.1, -0.05) is 23.7 Å². The number of benzene rings is 2. The fourth-order valence-corrected chi connectivity index (χ4v) is 5.36. The zero-order valence-corrected chi connectivity index (χ0v) is 24.2. The molecular weight excluding hydrogens is 516 g/mol. The normalized spacial score (nSPS) is 18.6. The molecule has 0 aromatic heterocycles. The Hall–Kier alpha value is -3.20. The number of hydrogen-bond acceptors (Lipinski definition) is 6. The molecule has 8 nitrogen and oxygen atoms in total. The highest BCUT2D eigenvalue weighted by Crippen LogP contribution is 2.41. The number of halogens is 1. The van der Waals surface area contributed by atoms with Crippen molar-refractivity contribution in [3.63, 3.8) is 0 Å². The van der Waals surface area contributed by atoms with E-state index in [0.717, 1.165) is 16.7 Å². The molecule has 210 valence electrons. The summed E-state index contributed by atoms with van der Waals surface area (Å²) in [5.41, 5.74) is 7.70. The van der Waals surface area contributed by atoms with Crippen LogP contribution in [0.4, 0.5) is 0 Å². The molecule has 0 bridgehead atoms. The van der Waals surface area contributed by atoms with E-state index in [0.29, 0.717) is 40.6 Å². The highest BCUT2D eigenvalue weighted by molar-refractivity contribution is 6.30. The maximum atomic E-state index is 13.8. The number of likely N-dealkylation sites (tertiary alicyclic amines) is 1. The number of hydrogen-bond donors (Lipinski definition) is 4. The van der Waals surface area contributed by atoms with E-state index in [1.54, 1.807) is 56.9 Å². The van der Waals surface area contributed by atoms with Crippen LogP contribution in [0.25, 0.3) is 0 Å². The second kappa shape index (κ2) is 12.3. The summed E-state index contributed by atoms with van der Waals surface area (Å²) in [5.74, 6) is 0.359. The first-order valence-electron chi connectivity index (χ1n) is 13.1. The third kappa shape index (κ3) is 7.26. The Morgan fingerprint density at radius 3 is 2.44 bits per heavy atom. The first-order chi connectivity index (χ1) is 18.2. The lowest BCUT2D eigenvalue weighted by molar-refractivity contribution is -0.141. The standard InChI is InChI=1S/C30H39ClN4O4/c1-17-12-22(13-18(2)27(17)39-24(16-32)14-19(3)33)28(36)34-20(4)29(37)35-25(10-11-26(35)30(5,6)38)21-8-7-9-23(31)15-21/h7-9,12-15,20,25-26,33,38H,10-11,16,32H2,1-6H3,(H,34,36)/b24-14+,33-19?/t20-,25?,26?/m1/s1. The molecule has 3 rings (SSSR count). The van der Waals surface area contributed by atoms with Crippen molar-refractivity contribution >= 4 is 29.1 Å². The predicted octanol–water partition coefficient (Wildman–Crippen LogP) is 4.84. The van der Waals surface area contributed by atoms with Crippen LogP contribution in [0.5, 0.6) is 5.75 Å². The van der Waals surface area contributed by atoms with Crippen molar-refractivity contribution < 1.29 is 19.4 Å². The number of amides is 2. The molecule has 5 N–H and O–H groups in total. The van der Waals surface area contributed by atoms with Gasteiger partial charge < -0.3 is 31.2 Å². The lowest BCUT2D eigenvalue weighted by Crippen LogP contribution is -2.54. The van der Waals surface area contributed by atoms with E-state index in [9.17, 15) is 14.7 Å². The zero-order chi connectivity index (χ0) is 29.1. The van der Waals surface area contributed by atoms with Crippen LogP contribution in [-0.4, -0.2) is 51.8 Å². The summed E-state index contributed by atoms with van der Waals surface area (Å²) in [6.45, 7) is 10.5. The summed E-state index contributed by atoms with van der Waals surface area (Å²) in [6, 6.07) is 9.29. The molecular formula is C30H39ClN4O4.